The van der Waals surface area contributed by atoms with Crippen LogP contribution in [0.4, 0.5) is 0 Å². The van der Waals surface area contributed by atoms with Gasteiger partial charge in [-0.1, -0.05) is 6.92 Å². The molecule has 0 aliphatic heterocycles. The molecule has 0 saturated heterocycles. The lowest BCUT2D eigenvalue weighted by Crippen LogP contribution is -1.65. The zero-order chi connectivity index (χ0) is 6.41. The second-order valence-corrected chi connectivity index (χ2v) is 1.20. The third-order valence-corrected chi connectivity index (χ3v) is 0.704. The van der Waals surface area contributed by atoms with Gasteiger partial charge in [0.1, 0.15) is 6.20 Å². The van der Waals surface area contributed by atoms with Crippen molar-refractivity contribution in [1.29, 1.82) is 10.9 Å². The van der Waals surface area contributed by atoms with Crippen LogP contribution in [-0.2, 0) is 0 Å². The Morgan fingerprint density at radius 3 is 2.75 bits per heavy atom. The molecule has 0 fully saturated rings. The van der Waals surface area contributed by atoms with E-state index in [-0.39, 0.29) is 0 Å². The first kappa shape index (κ1) is 6.76. The third-order valence-electron chi connectivity index (χ3n) is 0.704. The van der Waals surface area contributed by atoms with Gasteiger partial charge in [0.2, 0.25) is 5.39 Å². The monoisotopic (exact) mass is 111 g/mol. The van der Waals surface area contributed by atoms with Gasteiger partial charge in [-0.15, -0.1) is 0 Å². The summed E-state index contributed by atoms with van der Waals surface area (Å²) in [6.07, 6.45) is 1.79. The Balaban J connectivity index is 3.91. The largest absolute Gasteiger partial charge is 0.381 e. The van der Waals surface area contributed by atoms with Gasteiger partial charge in [-0.3, -0.25) is 0 Å². The molecule has 0 aromatic rings. The highest BCUT2D eigenvalue weighted by Gasteiger charge is 2.02. The summed E-state index contributed by atoms with van der Waals surface area (Å²) in [5, 5.41) is 11.0. The van der Waals surface area contributed by atoms with Gasteiger partial charge in [0.25, 0.3) is 0 Å². The number of rotatable bonds is 2. The Morgan fingerprint density at radius 1 is 2.00 bits per heavy atom. The normalized spacial score (nSPS) is 10.2. The molecule has 0 aromatic carbocycles. The predicted molar refractivity (Wildman–Crippen MR) is 28.6 cm³/mol. The molecule has 0 spiro atoms. The predicted octanol–water partition coefficient (Wildman–Crippen LogP) is 2.12. The van der Waals surface area contributed by atoms with Crippen molar-refractivity contribution in [3.63, 3.8) is 0 Å². The van der Waals surface area contributed by atoms with E-state index < -0.39 is 0 Å². The van der Waals surface area contributed by atoms with Gasteiger partial charge in [0.15, 0.2) is 4.98 Å². The Bertz CT molecular complexity index is 141. The molecule has 0 aliphatic rings. The van der Waals surface area contributed by atoms with Crippen molar-refractivity contribution in [2.75, 3.05) is 0 Å². The maximum absolute atomic E-state index is 8.07. The second kappa shape index (κ2) is 3.93. The maximum atomic E-state index is 8.07. The minimum absolute atomic E-state index is 0.417. The first-order chi connectivity index (χ1) is 3.85. The van der Waals surface area contributed by atoms with Crippen LogP contribution in [0.2, 0.25) is 0 Å². The summed E-state index contributed by atoms with van der Waals surface area (Å²) in [7, 11) is 0. The molecule has 0 atom stereocenters. The Hall–Kier alpha value is -1.24. The van der Waals surface area contributed by atoms with Gasteiger partial charge in [0, 0.05) is 0 Å². The van der Waals surface area contributed by atoms with Gasteiger partial charge in [-0.2, -0.15) is 5.11 Å². The van der Waals surface area contributed by atoms with Crippen LogP contribution in [0.3, 0.4) is 0 Å². The summed E-state index contributed by atoms with van der Waals surface area (Å²) < 4.78 is 0. The first-order valence-corrected chi connectivity index (χ1v) is 2.25. The smallest absolute Gasteiger partial charge is 0.205 e. The molecule has 0 radical (unpaired) electrons. The molecule has 0 heterocycles. The quantitative estimate of drug-likeness (QED) is 0.430. The molecule has 0 rings (SSSR count). The number of nitrogens with one attached hydrogen (secondary N) is 1. The van der Waals surface area contributed by atoms with Crippen LogP contribution < -0.4 is 0 Å². The zero-order valence-electron chi connectivity index (χ0n) is 4.63. The summed E-state index contributed by atoms with van der Waals surface area (Å²) >= 11 is 0. The summed E-state index contributed by atoms with van der Waals surface area (Å²) in [6.45, 7) is 1.82. The molecule has 0 aromatic heterocycles. The minimum Gasteiger partial charge on any atom is -0.205 e. The Labute approximate surface area is 47.3 Å². The van der Waals surface area contributed by atoms with E-state index in [9.17, 15) is 0 Å². The first-order valence-electron chi connectivity index (χ1n) is 2.25. The average molecular weight is 111 g/mol. The van der Waals surface area contributed by atoms with Crippen molar-refractivity contribution in [3.8, 4) is 0 Å². The molecule has 0 saturated carbocycles. The van der Waals surface area contributed by atoms with E-state index in [1.54, 1.807) is 0 Å². The van der Waals surface area contributed by atoms with Crippen molar-refractivity contribution >= 4 is 0 Å². The lowest BCUT2D eigenvalue weighted by atomic mass is 10.4. The van der Waals surface area contributed by atoms with Crippen LogP contribution in [-0.4, -0.2) is 0 Å². The van der Waals surface area contributed by atoms with Gasteiger partial charge < -0.3 is 0 Å². The highest BCUT2D eigenvalue weighted by atomic mass is 15.0. The summed E-state index contributed by atoms with van der Waals surface area (Å²) in [5.74, 6) is 0. The van der Waals surface area contributed by atoms with E-state index in [2.05, 4.69) is 10.1 Å². The van der Waals surface area contributed by atoms with Crippen molar-refractivity contribution in [1.82, 2.24) is 0 Å². The fraction of sp³-hybridized carbons (Fsp3) is 0.500. The lowest BCUT2D eigenvalue weighted by Gasteiger charge is -1.66. The van der Waals surface area contributed by atoms with Gasteiger partial charge >= 0.3 is 5.70 Å². The van der Waals surface area contributed by atoms with Crippen LogP contribution in [0.15, 0.2) is 17.0 Å². The van der Waals surface area contributed by atoms with Crippen LogP contribution >= 0.6 is 0 Å². The number of allylic oxidation sites excluding steroid dienone is 1. The molecular weight excluding hydrogens is 104 g/mol. The SMILES string of the molecule is CCC(=CN=N)[N+]#N. The summed E-state index contributed by atoms with van der Waals surface area (Å²) in [6, 6.07) is 0. The van der Waals surface area contributed by atoms with Gasteiger partial charge in [-0.05, 0) is 0 Å². The molecule has 0 aliphatic carbocycles. The molecule has 1 N–H and O–H groups in total. The zero-order valence-corrected chi connectivity index (χ0v) is 4.63. The van der Waals surface area contributed by atoms with Crippen molar-refractivity contribution < 1.29 is 0 Å². The minimum atomic E-state index is 0.417. The number of hydrogen-bond donors (Lipinski definition) is 1. The molecule has 0 amide bonds. The second-order valence-electron chi connectivity index (χ2n) is 1.20. The molecule has 4 heteroatoms. The number of diazo groups is 1. The molecule has 8 heavy (non-hydrogen) atoms. The van der Waals surface area contributed by atoms with E-state index >= 15 is 0 Å². The summed E-state index contributed by atoms with van der Waals surface area (Å²) in [4.78, 5) is 2.84. The van der Waals surface area contributed by atoms with Crippen LogP contribution in [0.5, 0.6) is 0 Å². The van der Waals surface area contributed by atoms with E-state index in [1.165, 1.54) is 6.20 Å². The van der Waals surface area contributed by atoms with E-state index in [0.717, 1.165) is 0 Å². The van der Waals surface area contributed by atoms with E-state index in [0.29, 0.717) is 12.1 Å². The fourth-order valence-electron chi connectivity index (χ4n) is 0.262. The molecular formula is C4H7N4+. The molecule has 0 bridgehead atoms. The Morgan fingerprint density at radius 2 is 2.62 bits per heavy atom. The number of nitrogens with zero attached hydrogens (tertiary/aromatic N) is 3. The van der Waals surface area contributed by atoms with Crippen molar-refractivity contribution in [3.05, 3.63) is 16.9 Å². The molecule has 0 unspecified atom stereocenters. The van der Waals surface area contributed by atoms with Crippen LogP contribution in [0.25, 0.3) is 4.98 Å². The standard InChI is InChI=1S/C4H7N4/c1-2-4(8-6)3-7-5/h3,5H,2H2,1H3/q+1. The fourth-order valence-corrected chi connectivity index (χ4v) is 0.262. The highest BCUT2D eigenvalue weighted by molar-refractivity contribution is 5.05. The highest BCUT2D eigenvalue weighted by Crippen LogP contribution is 2.00. The van der Waals surface area contributed by atoms with Crippen molar-refractivity contribution in [2.45, 2.75) is 13.3 Å². The third kappa shape index (κ3) is 2.03. The van der Waals surface area contributed by atoms with E-state index in [1.807, 2.05) is 6.92 Å². The Kier molecular flexibility index (Phi) is 3.32. The number of hydrogen-bond acceptors (Lipinski definition) is 3. The van der Waals surface area contributed by atoms with E-state index in [4.69, 9.17) is 10.9 Å². The summed E-state index contributed by atoms with van der Waals surface area (Å²) in [5.41, 5.74) is 6.73. The van der Waals surface area contributed by atoms with Gasteiger partial charge in [-0.25, -0.2) is 5.53 Å². The van der Waals surface area contributed by atoms with Gasteiger partial charge in [0.05, 0.1) is 6.42 Å². The molecule has 4 nitrogen and oxygen atoms in total. The topological polar surface area (TPSA) is 64.4 Å². The van der Waals surface area contributed by atoms with Crippen LogP contribution in [0.1, 0.15) is 13.3 Å². The molecule has 42 valence electrons. The van der Waals surface area contributed by atoms with Crippen LogP contribution in [0, 0.1) is 10.9 Å². The maximum Gasteiger partial charge on any atom is 0.381 e. The average Bonchev–Trinajstić information content (AvgIpc) is 1.83. The lowest BCUT2D eigenvalue weighted by molar-refractivity contribution is 1.06. The van der Waals surface area contributed by atoms with Crippen molar-refractivity contribution in [2.24, 2.45) is 5.11 Å².